The Bertz CT molecular complexity index is 2250. The molecule has 1 fully saturated rings. The number of para-hydroxylation sites is 1. The number of pyridine rings is 2. The van der Waals surface area contributed by atoms with Gasteiger partial charge in [0.15, 0.2) is 0 Å². The van der Waals surface area contributed by atoms with Crippen molar-refractivity contribution < 1.29 is 24.5 Å². The molecular weight excluding hydrogens is 736 g/mol. The number of fused-ring (bicyclic) bond motifs is 6. The number of nitrogens with zero attached hydrogens (tertiary/aromatic N) is 4. The SMILES string of the molecule is Cc1[c-]n2c3nccc4cc(CC5CCCC5)c5c6ccccc6n(c5c43)c2c1C.Cc1ccc(-c2[c-]cc(F)cc2)nc1.[Ir]. The Labute approximate surface area is 275 Å². The quantitative estimate of drug-likeness (QED) is 0.168. The molecule has 227 valence electrons. The fourth-order valence-electron chi connectivity index (χ4n) is 7.22. The zero-order chi connectivity index (χ0) is 29.9. The molecule has 1 aliphatic carbocycles. The monoisotopic (exact) mass is 769 g/mol. The molecule has 0 aliphatic heterocycles. The Morgan fingerprint density at radius 3 is 2.51 bits per heavy atom. The third kappa shape index (κ3) is 4.92. The number of hydrogen-bond acceptors (Lipinski definition) is 2. The summed E-state index contributed by atoms with van der Waals surface area (Å²) in [6.45, 7) is 6.34. The third-order valence-corrected chi connectivity index (χ3v) is 9.48. The van der Waals surface area contributed by atoms with E-state index in [2.05, 4.69) is 76.3 Å². The van der Waals surface area contributed by atoms with Gasteiger partial charge in [0.2, 0.25) is 0 Å². The maximum atomic E-state index is 12.6. The minimum Gasteiger partial charge on any atom is -0.414 e. The van der Waals surface area contributed by atoms with Gasteiger partial charge in [-0.25, -0.2) is 0 Å². The van der Waals surface area contributed by atoms with Gasteiger partial charge in [-0.2, -0.15) is 0 Å². The molecule has 6 heteroatoms. The van der Waals surface area contributed by atoms with Crippen molar-refractivity contribution in [2.45, 2.75) is 52.9 Å². The fourth-order valence-corrected chi connectivity index (χ4v) is 7.22. The van der Waals surface area contributed by atoms with Crippen LogP contribution in [0.2, 0.25) is 0 Å². The van der Waals surface area contributed by atoms with Gasteiger partial charge in [0, 0.05) is 71.2 Å². The van der Waals surface area contributed by atoms with Gasteiger partial charge in [0.25, 0.3) is 0 Å². The van der Waals surface area contributed by atoms with Crippen molar-refractivity contribution in [3.05, 3.63) is 119 Å². The number of rotatable bonds is 3. The molecule has 4 nitrogen and oxygen atoms in total. The number of aryl methyl sites for hydroxylation is 3. The van der Waals surface area contributed by atoms with E-state index in [1.165, 1.54) is 99.2 Å². The van der Waals surface area contributed by atoms with Crippen LogP contribution in [0, 0.1) is 44.8 Å². The van der Waals surface area contributed by atoms with Crippen LogP contribution in [0.15, 0.2) is 79.1 Å². The number of benzene rings is 3. The maximum absolute atomic E-state index is 12.6. The van der Waals surface area contributed by atoms with Crippen LogP contribution in [0.4, 0.5) is 4.39 Å². The van der Waals surface area contributed by atoms with E-state index in [1.54, 1.807) is 12.3 Å². The molecule has 45 heavy (non-hydrogen) atoms. The van der Waals surface area contributed by atoms with Crippen molar-refractivity contribution >= 4 is 43.9 Å². The molecule has 0 spiro atoms. The van der Waals surface area contributed by atoms with E-state index in [0.717, 1.165) is 28.4 Å². The van der Waals surface area contributed by atoms with Crippen LogP contribution in [-0.4, -0.2) is 18.8 Å². The standard InChI is InChI=1S/C27H24N3.C12H9FN.Ir/c1-16-15-29-26-24-19(11-12-28-26)14-20(13-18-7-3-4-8-18)23-21-9-5-6-10-22(21)30(25(23)24)27(29)17(16)2;1-9-2-7-12(14-8-9)10-3-5-11(13)6-4-10;/h5-6,9-12,14,18H,3-4,7-8,13H2,1-2H3;2-3,5-8H,1H3;/q2*-1;. The minimum absolute atomic E-state index is 0. The molecular formula is C39H33FIrN4-2. The Morgan fingerprint density at radius 1 is 0.933 bits per heavy atom. The van der Waals surface area contributed by atoms with E-state index in [-0.39, 0.29) is 25.9 Å². The molecule has 5 heterocycles. The molecule has 9 rings (SSSR count). The zero-order valence-corrected chi connectivity index (χ0v) is 28.0. The van der Waals surface area contributed by atoms with Gasteiger partial charge in [-0.3, -0.25) is 9.37 Å². The van der Waals surface area contributed by atoms with Gasteiger partial charge < -0.3 is 13.8 Å². The van der Waals surface area contributed by atoms with Crippen LogP contribution >= 0.6 is 0 Å². The Kier molecular flexibility index (Phi) is 7.67. The topological polar surface area (TPSA) is 34.6 Å². The van der Waals surface area contributed by atoms with E-state index in [9.17, 15) is 4.39 Å². The molecule has 0 unspecified atom stereocenters. The summed E-state index contributed by atoms with van der Waals surface area (Å²) in [6, 6.07) is 24.7. The first-order chi connectivity index (χ1) is 21.5. The molecule has 3 aromatic carbocycles. The predicted octanol–water partition coefficient (Wildman–Crippen LogP) is 9.63. The summed E-state index contributed by atoms with van der Waals surface area (Å²) in [4.78, 5) is 9.06. The first-order valence-corrected chi connectivity index (χ1v) is 15.5. The van der Waals surface area contributed by atoms with Crippen molar-refractivity contribution in [1.29, 1.82) is 0 Å². The molecule has 0 amide bonds. The second-order valence-electron chi connectivity index (χ2n) is 12.4. The van der Waals surface area contributed by atoms with Gasteiger partial charge in [0.05, 0.1) is 5.65 Å². The number of aromatic nitrogens is 4. The average Bonchev–Trinajstić information content (AvgIpc) is 3.75. The Morgan fingerprint density at radius 2 is 1.76 bits per heavy atom. The summed E-state index contributed by atoms with van der Waals surface area (Å²) in [5, 5.41) is 5.36. The van der Waals surface area contributed by atoms with Crippen LogP contribution in [-0.2, 0) is 26.5 Å². The maximum Gasteiger partial charge on any atom is 0.0651 e. The molecule has 0 bridgehead atoms. The molecule has 0 N–H and O–H groups in total. The van der Waals surface area contributed by atoms with E-state index >= 15 is 0 Å². The molecule has 0 atom stereocenters. The van der Waals surface area contributed by atoms with Crippen molar-refractivity contribution in [3.63, 3.8) is 0 Å². The molecule has 1 radical (unpaired) electrons. The molecule has 0 saturated heterocycles. The molecule has 1 aliphatic rings. The molecule has 1 saturated carbocycles. The molecule has 8 aromatic rings. The number of halogens is 1. The van der Waals surface area contributed by atoms with E-state index < -0.39 is 0 Å². The molecule has 5 aromatic heterocycles. The number of hydrogen-bond donors (Lipinski definition) is 0. The van der Waals surface area contributed by atoms with Crippen LogP contribution in [0.25, 0.3) is 55.1 Å². The van der Waals surface area contributed by atoms with Crippen LogP contribution < -0.4 is 0 Å². The van der Waals surface area contributed by atoms with Crippen molar-refractivity contribution in [1.82, 2.24) is 18.8 Å². The summed E-state index contributed by atoms with van der Waals surface area (Å²) in [5.74, 6) is 0.541. The first kappa shape index (κ1) is 29.6. The summed E-state index contributed by atoms with van der Waals surface area (Å²) >= 11 is 0. The predicted molar refractivity (Wildman–Crippen MR) is 177 cm³/mol. The van der Waals surface area contributed by atoms with Crippen molar-refractivity contribution in [2.24, 2.45) is 5.92 Å². The smallest absolute Gasteiger partial charge is 0.0651 e. The van der Waals surface area contributed by atoms with Gasteiger partial charge in [0.1, 0.15) is 0 Å². The second kappa shape index (κ2) is 11.7. The normalized spacial score (nSPS) is 13.7. The van der Waals surface area contributed by atoms with Crippen molar-refractivity contribution in [3.8, 4) is 11.3 Å². The van der Waals surface area contributed by atoms with E-state index in [4.69, 9.17) is 4.98 Å². The van der Waals surface area contributed by atoms with Crippen LogP contribution in [0.3, 0.4) is 0 Å². The van der Waals surface area contributed by atoms with Crippen LogP contribution in [0.1, 0.15) is 47.9 Å². The van der Waals surface area contributed by atoms with Gasteiger partial charge in [-0.15, -0.1) is 41.0 Å². The summed E-state index contributed by atoms with van der Waals surface area (Å²) in [6.07, 6.45) is 14.0. The van der Waals surface area contributed by atoms with Gasteiger partial charge in [-0.1, -0.05) is 82.1 Å². The van der Waals surface area contributed by atoms with Crippen LogP contribution in [0.5, 0.6) is 0 Å². The summed E-state index contributed by atoms with van der Waals surface area (Å²) in [7, 11) is 0. The van der Waals surface area contributed by atoms with E-state index in [0.29, 0.717) is 0 Å². The van der Waals surface area contributed by atoms with E-state index in [1.807, 2.05) is 25.3 Å². The minimum atomic E-state index is -0.277. The van der Waals surface area contributed by atoms with Gasteiger partial charge in [-0.05, 0) is 53.6 Å². The largest absolute Gasteiger partial charge is 0.414 e. The second-order valence-corrected chi connectivity index (χ2v) is 12.4. The van der Waals surface area contributed by atoms with Gasteiger partial charge >= 0.3 is 0 Å². The fraction of sp³-hybridized carbons (Fsp3) is 0.231. The Balaban J connectivity index is 0.000000184. The first-order valence-electron chi connectivity index (χ1n) is 15.5. The van der Waals surface area contributed by atoms with Crippen molar-refractivity contribution in [2.75, 3.05) is 0 Å². The summed E-state index contributed by atoms with van der Waals surface area (Å²) < 4.78 is 17.3. The average molecular weight is 769 g/mol. The third-order valence-electron chi connectivity index (χ3n) is 9.48. The zero-order valence-electron chi connectivity index (χ0n) is 25.6. The Hall–Kier alpha value is -4.12. The summed E-state index contributed by atoms with van der Waals surface area (Å²) in [5.41, 5.74) is 11.6.